The second kappa shape index (κ2) is 9.36. The number of para-hydroxylation sites is 1. The van der Waals surface area contributed by atoms with Crippen LogP contribution in [0, 0.1) is 20.8 Å². The van der Waals surface area contributed by atoms with Crippen LogP contribution >= 0.6 is 11.8 Å². The second-order valence-electron chi connectivity index (χ2n) is 7.68. The van der Waals surface area contributed by atoms with Gasteiger partial charge in [0, 0.05) is 23.6 Å². The monoisotopic (exact) mass is 444 g/mol. The van der Waals surface area contributed by atoms with Gasteiger partial charge < -0.3 is 5.32 Å². The van der Waals surface area contributed by atoms with Crippen molar-refractivity contribution in [1.29, 1.82) is 0 Å². The summed E-state index contributed by atoms with van der Waals surface area (Å²) < 4.78 is 0. The Bertz CT molecular complexity index is 1190. The van der Waals surface area contributed by atoms with Crippen molar-refractivity contribution < 1.29 is 9.59 Å². The van der Waals surface area contributed by atoms with E-state index in [9.17, 15) is 9.59 Å². The Morgan fingerprint density at radius 3 is 2.22 bits per heavy atom. The highest BCUT2D eigenvalue weighted by atomic mass is 32.2. The lowest BCUT2D eigenvalue weighted by molar-refractivity contribution is -0.137. The van der Waals surface area contributed by atoms with Gasteiger partial charge in [-0.25, -0.2) is 9.97 Å². The molecular weight excluding hydrogens is 420 g/mol. The quantitative estimate of drug-likeness (QED) is 0.429. The van der Waals surface area contributed by atoms with Crippen molar-refractivity contribution in [2.24, 2.45) is 0 Å². The van der Waals surface area contributed by atoms with Gasteiger partial charge >= 0.3 is 0 Å². The van der Waals surface area contributed by atoms with Gasteiger partial charge in [-0.05, 0) is 62.2 Å². The third kappa shape index (κ3) is 4.73. The van der Waals surface area contributed by atoms with Gasteiger partial charge in [0.15, 0.2) is 5.16 Å². The van der Waals surface area contributed by atoms with Crippen LogP contribution in [0.3, 0.4) is 0 Å². The van der Waals surface area contributed by atoms with E-state index in [1.54, 1.807) is 0 Å². The molecule has 1 N–H and O–H groups in total. The van der Waals surface area contributed by atoms with E-state index in [-0.39, 0.29) is 17.5 Å². The van der Waals surface area contributed by atoms with Crippen LogP contribution in [0.4, 0.5) is 5.69 Å². The number of aromatic nitrogens is 2. The maximum Gasteiger partial charge on any atom is 0.278 e. The second-order valence-corrected chi connectivity index (χ2v) is 8.65. The average Bonchev–Trinajstić information content (AvgIpc) is 2.97. The first-order valence-corrected chi connectivity index (χ1v) is 11.2. The zero-order chi connectivity index (χ0) is 22.7. The van der Waals surface area contributed by atoms with Crippen LogP contribution in [0.5, 0.6) is 0 Å². The van der Waals surface area contributed by atoms with Crippen LogP contribution in [0.2, 0.25) is 0 Å². The standard InChI is InChI=1S/C25H24N4O2S/c1-16-9-7-8-12-20(16)28-21-22(32-25-26-17(2)15-18(3)27-25)24(31)29(23(21)30)14-13-19-10-5-4-6-11-19/h4-12,15,28H,13-14H2,1-3H3. The summed E-state index contributed by atoms with van der Waals surface area (Å²) in [5.41, 5.74) is 4.73. The molecule has 2 heterocycles. The zero-order valence-corrected chi connectivity index (χ0v) is 19.1. The molecule has 3 aromatic rings. The van der Waals surface area contributed by atoms with Gasteiger partial charge in [0.2, 0.25) is 0 Å². The third-order valence-electron chi connectivity index (χ3n) is 5.15. The average molecular weight is 445 g/mol. The van der Waals surface area contributed by atoms with Gasteiger partial charge in [0.1, 0.15) is 10.6 Å². The van der Waals surface area contributed by atoms with Crippen molar-refractivity contribution >= 4 is 29.3 Å². The smallest absolute Gasteiger partial charge is 0.278 e. The van der Waals surface area contributed by atoms with Crippen LogP contribution in [0.1, 0.15) is 22.5 Å². The molecule has 0 saturated heterocycles. The highest BCUT2D eigenvalue weighted by Crippen LogP contribution is 2.35. The molecule has 0 unspecified atom stereocenters. The van der Waals surface area contributed by atoms with Crippen LogP contribution in [0.25, 0.3) is 0 Å². The predicted molar refractivity (Wildman–Crippen MR) is 126 cm³/mol. The topological polar surface area (TPSA) is 75.2 Å². The maximum atomic E-state index is 13.3. The van der Waals surface area contributed by atoms with Gasteiger partial charge in [0.25, 0.3) is 11.8 Å². The summed E-state index contributed by atoms with van der Waals surface area (Å²) in [7, 11) is 0. The van der Waals surface area contributed by atoms with E-state index in [0.717, 1.165) is 40.0 Å². The molecule has 2 aromatic carbocycles. The molecular formula is C25H24N4O2S. The van der Waals surface area contributed by atoms with E-state index < -0.39 is 0 Å². The third-order valence-corrected chi connectivity index (χ3v) is 6.10. The molecule has 0 atom stereocenters. The highest BCUT2D eigenvalue weighted by molar-refractivity contribution is 8.04. The van der Waals surface area contributed by atoms with E-state index in [1.165, 1.54) is 4.90 Å². The SMILES string of the molecule is Cc1cc(C)nc(SC2=C(Nc3ccccc3C)C(=O)N(CCc3ccccc3)C2=O)n1. The van der Waals surface area contributed by atoms with Crippen molar-refractivity contribution in [3.8, 4) is 0 Å². The lowest BCUT2D eigenvalue weighted by Crippen LogP contribution is -2.34. The predicted octanol–water partition coefficient (Wildman–Crippen LogP) is 4.43. The first kappa shape index (κ1) is 21.8. The Morgan fingerprint density at radius 1 is 0.875 bits per heavy atom. The number of carbonyl (C=O) groups is 2. The minimum absolute atomic E-state index is 0.269. The molecule has 0 bridgehead atoms. The van der Waals surface area contributed by atoms with Crippen LogP contribution < -0.4 is 5.32 Å². The van der Waals surface area contributed by atoms with E-state index in [1.807, 2.05) is 81.4 Å². The number of imide groups is 1. The van der Waals surface area contributed by atoms with Crippen molar-refractivity contribution in [1.82, 2.24) is 14.9 Å². The number of nitrogens with one attached hydrogen (secondary N) is 1. The molecule has 6 nitrogen and oxygen atoms in total. The Kier molecular flexibility index (Phi) is 6.37. The van der Waals surface area contributed by atoms with Crippen molar-refractivity contribution in [2.45, 2.75) is 32.3 Å². The van der Waals surface area contributed by atoms with E-state index in [4.69, 9.17) is 0 Å². The Hall–Kier alpha value is -3.45. The van der Waals surface area contributed by atoms with Crippen LogP contribution in [-0.4, -0.2) is 33.2 Å². The lowest BCUT2D eigenvalue weighted by atomic mass is 10.1. The van der Waals surface area contributed by atoms with Gasteiger partial charge in [-0.1, -0.05) is 48.5 Å². The summed E-state index contributed by atoms with van der Waals surface area (Å²) in [6, 6.07) is 19.4. The fraction of sp³-hybridized carbons (Fsp3) is 0.200. The number of nitrogens with zero attached hydrogens (tertiary/aromatic N) is 3. The Balaban J connectivity index is 1.65. The highest BCUT2D eigenvalue weighted by Gasteiger charge is 2.39. The summed E-state index contributed by atoms with van der Waals surface area (Å²) in [6.07, 6.45) is 0.591. The number of carbonyl (C=O) groups excluding carboxylic acids is 2. The Morgan fingerprint density at radius 2 is 1.53 bits per heavy atom. The maximum absolute atomic E-state index is 13.3. The minimum Gasteiger partial charge on any atom is -0.350 e. The largest absolute Gasteiger partial charge is 0.350 e. The van der Waals surface area contributed by atoms with E-state index in [0.29, 0.717) is 23.0 Å². The number of anilines is 1. The first-order chi connectivity index (χ1) is 15.4. The summed E-state index contributed by atoms with van der Waals surface area (Å²) in [6.45, 7) is 6.02. The molecule has 0 saturated carbocycles. The van der Waals surface area contributed by atoms with Gasteiger partial charge in [-0.2, -0.15) is 0 Å². The van der Waals surface area contributed by atoms with Crippen molar-refractivity contribution in [3.63, 3.8) is 0 Å². The van der Waals surface area contributed by atoms with E-state index in [2.05, 4.69) is 15.3 Å². The number of aryl methyl sites for hydroxylation is 3. The molecule has 1 aromatic heterocycles. The molecule has 0 spiro atoms. The van der Waals surface area contributed by atoms with Crippen LogP contribution in [0.15, 0.2) is 76.4 Å². The van der Waals surface area contributed by atoms with Crippen molar-refractivity contribution in [3.05, 3.63) is 93.8 Å². The summed E-state index contributed by atoms with van der Waals surface area (Å²) in [4.78, 5) is 37.2. The van der Waals surface area contributed by atoms with Gasteiger partial charge in [0.05, 0.1) is 0 Å². The van der Waals surface area contributed by atoms with Gasteiger partial charge in [-0.3, -0.25) is 14.5 Å². The molecule has 1 aliphatic heterocycles. The molecule has 162 valence electrons. The summed E-state index contributed by atoms with van der Waals surface area (Å²) in [5.74, 6) is -0.657. The molecule has 4 rings (SSSR count). The molecule has 2 amide bonds. The van der Waals surface area contributed by atoms with Crippen LogP contribution in [-0.2, 0) is 16.0 Å². The molecule has 7 heteroatoms. The number of amides is 2. The molecule has 1 aliphatic rings. The minimum atomic E-state index is -0.332. The normalized spacial score (nSPS) is 13.8. The number of hydrogen-bond acceptors (Lipinski definition) is 6. The molecule has 0 aliphatic carbocycles. The van der Waals surface area contributed by atoms with E-state index >= 15 is 0 Å². The Labute approximate surface area is 191 Å². The molecule has 0 fully saturated rings. The molecule has 32 heavy (non-hydrogen) atoms. The molecule has 0 radical (unpaired) electrons. The lowest BCUT2D eigenvalue weighted by Gasteiger charge is -2.15. The fourth-order valence-corrected chi connectivity index (χ4v) is 4.53. The first-order valence-electron chi connectivity index (χ1n) is 10.4. The summed E-state index contributed by atoms with van der Waals surface area (Å²) >= 11 is 1.13. The number of benzene rings is 2. The van der Waals surface area contributed by atoms with Gasteiger partial charge in [-0.15, -0.1) is 0 Å². The summed E-state index contributed by atoms with van der Waals surface area (Å²) in [5, 5.41) is 3.66. The number of hydrogen-bond donors (Lipinski definition) is 1. The van der Waals surface area contributed by atoms with Crippen molar-refractivity contribution in [2.75, 3.05) is 11.9 Å². The number of rotatable bonds is 7. The fourth-order valence-electron chi connectivity index (χ4n) is 3.53. The zero-order valence-electron chi connectivity index (χ0n) is 18.3. The number of thioether (sulfide) groups is 1.